The zero-order chi connectivity index (χ0) is 21.6. The Bertz CT molecular complexity index is 931. The first-order valence-electron chi connectivity index (χ1n) is 9.42. The van der Waals surface area contributed by atoms with Crippen molar-refractivity contribution in [3.63, 3.8) is 0 Å². The molecule has 29 heavy (non-hydrogen) atoms. The highest BCUT2D eigenvalue weighted by Crippen LogP contribution is 2.48. The van der Waals surface area contributed by atoms with E-state index in [9.17, 15) is 14.3 Å². The van der Waals surface area contributed by atoms with Gasteiger partial charge in [-0.15, -0.1) is 0 Å². The summed E-state index contributed by atoms with van der Waals surface area (Å²) in [6.45, 7) is 6.00. The highest BCUT2D eigenvalue weighted by molar-refractivity contribution is 6.30. The van der Waals surface area contributed by atoms with Crippen molar-refractivity contribution in [2.24, 2.45) is 11.1 Å². The van der Waals surface area contributed by atoms with E-state index in [4.69, 9.17) is 17.3 Å². The van der Waals surface area contributed by atoms with E-state index in [2.05, 4.69) is 5.32 Å². The summed E-state index contributed by atoms with van der Waals surface area (Å²) in [6, 6.07) is 8.17. The average Bonchev–Trinajstić information content (AvgIpc) is 2.86. The molecule has 0 saturated carbocycles. The van der Waals surface area contributed by atoms with E-state index >= 15 is 4.39 Å². The van der Waals surface area contributed by atoms with E-state index in [1.807, 2.05) is 20.8 Å². The molecule has 2 aromatic rings. The summed E-state index contributed by atoms with van der Waals surface area (Å²) < 4.78 is 29.0. The standard InChI is InChI=1S/C22H25ClF2N2O2/c1-21(2,3)11-17-22(26,15-8-7-13(23)10-16(15)25)18(19(27-17)20(28)29)12-5-4-6-14(24)9-12/h4-10,17-19,27H,11,26H2,1-3H3,(H,28,29). The van der Waals surface area contributed by atoms with Crippen molar-refractivity contribution in [2.45, 2.75) is 50.7 Å². The van der Waals surface area contributed by atoms with Gasteiger partial charge in [-0.3, -0.25) is 10.1 Å². The van der Waals surface area contributed by atoms with E-state index in [0.29, 0.717) is 12.0 Å². The van der Waals surface area contributed by atoms with Gasteiger partial charge in [0.1, 0.15) is 17.7 Å². The van der Waals surface area contributed by atoms with Crippen LogP contribution in [0, 0.1) is 17.0 Å². The van der Waals surface area contributed by atoms with E-state index < -0.39 is 41.1 Å². The molecule has 1 aliphatic heterocycles. The minimum Gasteiger partial charge on any atom is -0.480 e. The van der Waals surface area contributed by atoms with Gasteiger partial charge in [-0.2, -0.15) is 0 Å². The summed E-state index contributed by atoms with van der Waals surface area (Å²) in [7, 11) is 0. The molecule has 0 aromatic heterocycles. The summed E-state index contributed by atoms with van der Waals surface area (Å²) in [4.78, 5) is 12.1. The van der Waals surface area contributed by atoms with E-state index in [1.54, 1.807) is 6.07 Å². The first-order chi connectivity index (χ1) is 13.4. The molecule has 1 fully saturated rings. The van der Waals surface area contributed by atoms with Crippen molar-refractivity contribution in [3.8, 4) is 0 Å². The first kappa shape index (κ1) is 21.7. The Morgan fingerprint density at radius 2 is 1.93 bits per heavy atom. The number of benzene rings is 2. The molecule has 0 amide bonds. The number of carbonyl (C=O) groups is 1. The van der Waals surface area contributed by atoms with Crippen LogP contribution in [0.3, 0.4) is 0 Å². The van der Waals surface area contributed by atoms with E-state index in [-0.39, 0.29) is 16.0 Å². The molecule has 0 aliphatic carbocycles. The Morgan fingerprint density at radius 3 is 2.48 bits per heavy atom. The Balaban J connectivity index is 2.26. The number of carboxylic acid groups (broad SMARTS) is 1. The number of hydrogen-bond acceptors (Lipinski definition) is 3. The van der Waals surface area contributed by atoms with Gasteiger partial charge in [0.05, 0.1) is 5.54 Å². The molecular weight excluding hydrogens is 398 g/mol. The van der Waals surface area contributed by atoms with Gasteiger partial charge in [0.15, 0.2) is 0 Å². The Morgan fingerprint density at radius 1 is 1.24 bits per heavy atom. The lowest BCUT2D eigenvalue weighted by Gasteiger charge is -2.39. The van der Waals surface area contributed by atoms with Crippen molar-refractivity contribution < 1.29 is 18.7 Å². The second-order valence-electron chi connectivity index (χ2n) is 8.89. The molecule has 0 bridgehead atoms. The van der Waals surface area contributed by atoms with Crippen LogP contribution in [0.5, 0.6) is 0 Å². The second-order valence-corrected chi connectivity index (χ2v) is 9.33. The van der Waals surface area contributed by atoms with Crippen LogP contribution in [-0.2, 0) is 10.3 Å². The van der Waals surface area contributed by atoms with Gasteiger partial charge in [0.25, 0.3) is 0 Å². The number of rotatable bonds is 4. The van der Waals surface area contributed by atoms with Crippen LogP contribution < -0.4 is 11.1 Å². The fourth-order valence-corrected chi connectivity index (χ4v) is 4.52. The smallest absolute Gasteiger partial charge is 0.321 e. The molecule has 1 aliphatic rings. The molecule has 4 nitrogen and oxygen atoms in total. The summed E-state index contributed by atoms with van der Waals surface area (Å²) in [5.74, 6) is -3.14. The predicted molar refractivity (Wildman–Crippen MR) is 109 cm³/mol. The fraction of sp³-hybridized carbons (Fsp3) is 0.409. The lowest BCUT2D eigenvalue weighted by molar-refractivity contribution is -0.139. The SMILES string of the molecule is CC(C)(C)CC1NC(C(=O)O)C(c2cccc(F)c2)C1(N)c1ccc(Cl)cc1F. The lowest BCUT2D eigenvalue weighted by atomic mass is 9.68. The molecule has 3 rings (SSSR count). The van der Waals surface area contributed by atoms with Crippen molar-refractivity contribution in [1.29, 1.82) is 0 Å². The number of nitrogens with one attached hydrogen (secondary N) is 1. The van der Waals surface area contributed by atoms with Gasteiger partial charge in [-0.25, -0.2) is 8.78 Å². The van der Waals surface area contributed by atoms with Crippen LogP contribution >= 0.6 is 11.6 Å². The predicted octanol–water partition coefficient (Wildman–Crippen LogP) is 4.42. The van der Waals surface area contributed by atoms with Gasteiger partial charge in [0.2, 0.25) is 0 Å². The third kappa shape index (κ3) is 4.15. The second kappa shape index (κ2) is 7.67. The Kier molecular flexibility index (Phi) is 5.73. The fourth-order valence-electron chi connectivity index (χ4n) is 4.36. The highest BCUT2D eigenvalue weighted by Gasteiger charge is 2.57. The lowest BCUT2D eigenvalue weighted by Crippen LogP contribution is -2.52. The molecule has 156 valence electrons. The summed E-state index contributed by atoms with van der Waals surface area (Å²) in [5, 5.41) is 13.2. The van der Waals surface area contributed by atoms with E-state index in [0.717, 1.165) is 6.07 Å². The maximum atomic E-state index is 15.0. The first-order valence-corrected chi connectivity index (χ1v) is 9.80. The third-order valence-electron chi connectivity index (χ3n) is 5.49. The molecule has 4 unspecified atom stereocenters. The largest absolute Gasteiger partial charge is 0.480 e. The number of halogens is 3. The highest BCUT2D eigenvalue weighted by atomic mass is 35.5. The van der Waals surface area contributed by atoms with Crippen molar-refractivity contribution in [1.82, 2.24) is 5.32 Å². The van der Waals surface area contributed by atoms with Gasteiger partial charge in [-0.1, -0.05) is 50.6 Å². The number of aliphatic carboxylic acids is 1. The molecule has 4 atom stereocenters. The van der Waals surface area contributed by atoms with Crippen molar-refractivity contribution >= 4 is 17.6 Å². The van der Waals surface area contributed by atoms with Crippen LogP contribution in [0.15, 0.2) is 42.5 Å². The molecule has 2 aromatic carbocycles. The molecule has 1 saturated heterocycles. The van der Waals surface area contributed by atoms with Crippen LogP contribution in [0.25, 0.3) is 0 Å². The zero-order valence-electron chi connectivity index (χ0n) is 16.5. The Labute approximate surface area is 174 Å². The quantitative estimate of drug-likeness (QED) is 0.681. The average molecular weight is 423 g/mol. The topological polar surface area (TPSA) is 75.3 Å². The minimum atomic E-state index is -1.43. The Hall–Kier alpha value is -2.02. The number of nitrogens with two attached hydrogens (primary N) is 1. The minimum absolute atomic E-state index is 0.154. The van der Waals surface area contributed by atoms with Gasteiger partial charge in [0, 0.05) is 22.5 Å². The third-order valence-corrected chi connectivity index (χ3v) is 5.73. The molecule has 0 spiro atoms. The molecule has 0 radical (unpaired) electrons. The molecule has 1 heterocycles. The number of hydrogen-bond donors (Lipinski definition) is 3. The normalized spacial score (nSPS) is 27.2. The molecule has 7 heteroatoms. The zero-order valence-corrected chi connectivity index (χ0v) is 17.3. The van der Waals surface area contributed by atoms with Gasteiger partial charge >= 0.3 is 5.97 Å². The maximum absolute atomic E-state index is 15.0. The van der Waals surface area contributed by atoms with Crippen LogP contribution in [0.2, 0.25) is 5.02 Å². The van der Waals surface area contributed by atoms with Crippen molar-refractivity contribution in [3.05, 3.63) is 70.2 Å². The van der Waals surface area contributed by atoms with Crippen LogP contribution in [0.4, 0.5) is 8.78 Å². The molecule has 4 N–H and O–H groups in total. The molecular formula is C22H25ClF2N2O2. The van der Waals surface area contributed by atoms with Crippen LogP contribution in [-0.4, -0.2) is 23.2 Å². The van der Waals surface area contributed by atoms with E-state index in [1.165, 1.54) is 30.3 Å². The summed E-state index contributed by atoms with van der Waals surface area (Å²) in [5.41, 5.74) is 5.81. The monoisotopic (exact) mass is 422 g/mol. The van der Waals surface area contributed by atoms with Gasteiger partial charge in [-0.05, 0) is 41.7 Å². The van der Waals surface area contributed by atoms with Crippen LogP contribution in [0.1, 0.15) is 44.2 Å². The maximum Gasteiger partial charge on any atom is 0.321 e. The van der Waals surface area contributed by atoms with Crippen molar-refractivity contribution in [2.75, 3.05) is 0 Å². The number of carboxylic acids is 1. The summed E-state index contributed by atoms with van der Waals surface area (Å²) >= 11 is 5.93. The summed E-state index contributed by atoms with van der Waals surface area (Å²) in [6.07, 6.45) is 0.487. The van der Waals surface area contributed by atoms with Gasteiger partial charge < -0.3 is 10.8 Å².